The molecule has 2 saturated carbocycles. The molecular weight excluding hydrogens is 246 g/mol. The molecule has 0 bridgehead atoms. The Morgan fingerprint density at radius 3 is 2.45 bits per heavy atom. The van der Waals surface area contributed by atoms with Crippen molar-refractivity contribution >= 4 is 0 Å². The Morgan fingerprint density at radius 1 is 1.10 bits per heavy atom. The fraction of sp³-hybridized carbons (Fsp3) is 0.667. The molecule has 3 unspecified atom stereocenters. The van der Waals surface area contributed by atoms with Crippen molar-refractivity contribution in [2.45, 2.75) is 57.5 Å². The van der Waals surface area contributed by atoms with E-state index in [2.05, 4.69) is 36.5 Å². The first kappa shape index (κ1) is 13.9. The number of benzene rings is 1. The summed E-state index contributed by atoms with van der Waals surface area (Å²) in [5.41, 5.74) is 1.44. The molecule has 3 atom stereocenters. The summed E-state index contributed by atoms with van der Waals surface area (Å²) in [5.74, 6) is 2.69. The van der Waals surface area contributed by atoms with Gasteiger partial charge in [-0.3, -0.25) is 0 Å². The zero-order valence-corrected chi connectivity index (χ0v) is 12.8. The van der Waals surface area contributed by atoms with Crippen LogP contribution in [-0.2, 0) is 0 Å². The Bertz CT molecular complexity index is 424. The molecule has 0 aliphatic heterocycles. The molecule has 0 saturated heterocycles. The van der Waals surface area contributed by atoms with E-state index in [-0.39, 0.29) is 0 Å². The lowest BCUT2D eigenvalue weighted by molar-refractivity contribution is 0.271. The smallest absolute Gasteiger partial charge is 0.118 e. The summed E-state index contributed by atoms with van der Waals surface area (Å²) in [6, 6.07) is 9.93. The first-order valence-electron chi connectivity index (χ1n) is 8.16. The van der Waals surface area contributed by atoms with Gasteiger partial charge >= 0.3 is 0 Å². The maximum absolute atomic E-state index is 5.27. The Balaban J connectivity index is 1.68. The molecule has 1 aromatic rings. The van der Waals surface area contributed by atoms with Crippen molar-refractivity contribution < 1.29 is 4.74 Å². The highest BCUT2D eigenvalue weighted by Crippen LogP contribution is 2.42. The largest absolute Gasteiger partial charge is 0.497 e. The number of hydrogen-bond acceptors (Lipinski definition) is 2. The van der Waals surface area contributed by atoms with E-state index in [1.165, 1.54) is 44.1 Å². The van der Waals surface area contributed by atoms with E-state index in [0.717, 1.165) is 17.6 Å². The molecular formula is C18H27NO. The third-order valence-electron chi connectivity index (χ3n) is 4.92. The number of hydrogen-bond donors (Lipinski definition) is 1. The zero-order valence-electron chi connectivity index (χ0n) is 12.8. The first-order chi connectivity index (χ1) is 9.76. The highest BCUT2D eigenvalue weighted by molar-refractivity contribution is 5.30. The molecule has 0 amide bonds. The Morgan fingerprint density at radius 2 is 1.85 bits per heavy atom. The van der Waals surface area contributed by atoms with Crippen LogP contribution in [0.4, 0.5) is 0 Å². The molecule has 1 N–H and O–H groups in total. The van der Waals surface area contributed by atoms with Gasteiger partial charge in [0, 0.05) is 12.1 Å². The normalized spacial score (nSPS) is 28.1. The van der Waals surface area contributed by atoms with Crippen LogP contribution < -0.4 is 10.1 Å². The summed E-state index contributed by atoms with van der Waals surface area (Å²) in [7, 11) is 1.73. The van der Waals surface area contributed by atoms with E-state index in [9.17, 15) is 0 Å². The Labute approximate surface area is 122 Å². The summed E-state index contributed by atoms with van der Waals surface area (Å²) in [6.07, 6.45) is 8.26. The lowest BCUT2D eigenvalue weighted by atomic mass is 9.86. The molecule has 0 radical (unpaired) electrons. The summed E-state index contributed by atoms with van der Waals surface area (Å²) >= 11 is 0. The van der Waals surface area contributed by atoms with Crippen LogP contribution in [0.2, 0.25) is 0 Å². The molecule has 2 fully saturated rings. The van der Waals surface area contributed by atoms with E-state index >= 15 is 0 Å². The molecule has 2 nitrogen and oxygen atoms in total. The summed E-state index contributed by atoms with van der Waals surface area (Å²) < 4.78 is 5.27. The van der Waals surface area contributed by atoms with Crippen LogP contribution >= 0.6 is 0 Å². The molecule has 1 aromatic carbocycles. The minimum absolute atomic E-state index is 0.552. The van der Waals surface area contributed by atoms with Crippen LogP contribution in [0, 0.1) is 11.8 Å². The third kappa shape index (κ3) is 3.35. The number of ether oxygens (including phenoxy) is 1. The minimum atomic E-state index is 0.552. The van der Waals surface area contributed by atoms with Gasteiger partial charge in [-0.05, 0) is 55.2 Å². The van der Waals surface area contributed by atoms with Gasteiger partial charge in [-0.15, -0.1) is 0 Å². The van der Waals surface area contributed by atoms with Gasteiger partial charge in [-0.1, -0.05) is 31.9 Å². The molecule has 2 aliphatic rings. The lowest BCUT2D eigenvalue weighted by Gasteiger charge is -2.32. The molecule has 0 spiro atoms. The number of rotatable bonds is 5. The Hall–Kier alpha value is -1.02. The van der Waals surface area contributed by atoms with Gasteiger partial charge in [-0.25, -0.2) is 0 Å². The van der Waals surface area contributed by atoms with Gasteiger partial charge in [0.25, 0.3) is 0 Å². The molecule has 0 heterocycles. The van der Waals surface area contributed by atoms with E-state index < -0.39 is 0 Å². The van der Waals surface area contributed by atoms with E-state index in [1.807, 2.05) is 0 Å². The molecule has 20 heavy (non-hydrogen) atoms. The number of methoxy groups -OCH3 is 1. The van der Waals surface area contributed by atoms with Crippen molar-refractivity contribution in [2.75, 3.05) is 7.11 Å². The maximum Gasteiger partial charge on any atom is 0.118 e. The highest BCUT2D eigenvalue weighted by Gasteiger charge is 2.34. The lowest BCUT2D eigenvalue weighted by Crippen LogP contribution is -2.37. The molecule has 0 aromatic heterocycles. The van der Waals surface area contributed by atoms with E-state index in [0.29, 0.717) is 12.1 Å². The van der Waals surface area contributed by atoms with Crippen molar-refractivity contribution in [3.63, 3.8) is 0 Å². The predicted octanol–water partition coefficient (Wildman–Crippen LogP) is 4.31. The average Bonchev–Trinajstić information content (AvgIpc) is 3.30. The molecule has 110 valence electrons. The van der Waals surface area contributed by atoms with Gasteiger partial charge in [0.15, 0.2) is 0 Å². The van der Waals surface area contributed by atoms with Gasteiger partial charge in [0.2, 0.25) is 0 Å². The Kier molecular flexibility index (Phi) is 4.30. The predicted molar refractivity (Wildman–Crippen MR) is 83.0 cm³/mol. The second-order valence-corrected chi connectivity index (χ2v) is 6.72. The van der Waals surface area contributed by atoms with Crippen molar-refractivity contribution in [1.29, 1.82) is 0 Å². The van der Waals surface area contributed by atoms with E-state index in [1.54, 1.807) is 7.11 Å². The van der Waals surface area contributed by atoms with Crippen LogP contribution in [0.1, 0.15) is 57.1 Å². The number of nitrogens with one attached hydrogen (secondary N) is 1. The zero-order chi connectivity index (χ0) is 13.9. The van der Waals surface area contributed by atoms with Gasteiger partial charge in [-0.2, -0.15) is 0 Å². The SMILES string of the molecule is COc1ccc(C(NC2CCCC(C)C2)C2CC2)cc1. The topological polar surface area (TPSA) is 21.3 Å². The fourth-order valence-corrected chi connectivity index (χ4v) is 3.58. The van der Waals surface area contributed by atoms with Gasteiger partial charge in [0.05, 0.1) is 7.11 Å². The summed E-state index contributed by atoms with van der Waals surface area (Å²) in [5, 5.41) is 3.96. The molecule has 2 aliphatic carbocycles. The van der Waals surface area contributed by atoms with E-state index in [4.69, 9.17) is 4.74 Å². The average molecular weight is 273 g/mol. The fourth-order valence-electron chi connectivity index (χ4n) is 3.58. The monoisotopic (exact) mass is 273 g/mol. The van der Waals surface area contributed by atoms with Crippen LogP contribution in [0.3, 0.4) is 0 Å². The van der Waals surface area contributed by atoms with Crippen LogP contribution in [0.15, 0.2) is 24.3 Å². The summed E-state index contributed by atoms with van der Waals surface area (Å²) in [6.45, 7) is 2.40. The van der Waals surface area contributed by atoms with Gasteiger partial charge in [0.1, 0.15) is 5.75 Å². The third-order valence-corrected chi connectivity index (χ3v) is 4.92. The molecule has 2 heteroatoms. The van der Waals surface area contributed by atoms with Crippen LogP contribution in [0.5, 0.6) is 5.75 Å². The first-order valence-corrected chi connectivity index (χ1v) is 8.16. The highest BCUT2D eigenvalue weighted by atomic mass is 16.5. The van der Waals surface area contributed by atoms with Crippen LogP contribution in [0.25, 0.3) is 0 Å². The minimum Gasteiger partial charge on any atom is -0.497 e. The maximum atomic E-state index is 5.27. The van der Waals surface area contributed by atoms with Crippen molar-refractivity contribution in [2.24, 2.45) is 11.8 Å². The van der Waals surface area contributed by atoms with Crippen molar-refractivity contribution in [3.05, 3.63) is 29.8 Å². The van der Waals surface area contributed by atoms with Crippen molar-refractivity contribution in [3.8, 4) is 5.75 Å². The second-order valence-electron chi connectivity index (χ2n) is 6.72. The van der Waals surface area contributed by atoms with Crippen LogP contribution in [-0.4, -0.2) is 13.2 Å². The standard InChI is InChI=1S/C18H27NO/c1-13-4-3-5-16(12-13)19-18(14-6-7-14)15-8-10-17(20-2)11-9-15/h8-11,13-14,16,18-19H,3-7,12H2,1-2H3. The van der Waals surface area contributed by atoms with Crippen molar-refractivity contribution in [1.82, 2.24) is 5.32 Å². The quantitative estimate of drug-likeness (QED) is 0.863. The summed E-state index contributed by atoms with van der Waals surface area (Å²) in [4.78, 5) is 0. The van der Waals surface area contributed by atoms with Gasteiger partial charge < -0.3 is 10.1 Å². The second kappa shape index (κ2) is 6.17. The molecule has 3 rings (SSSR count).